The maximum absolute atomic E-state index is 14.1. The van der Waals surface area contributed by atoms with Crippen LogP contribution < -0.4 is 20.4 Å². The predicted molar refractivity (Wildman–Crippen MR) is 202 cm³/mol. The summed E-state index contributed by atoms with van der Waals surface area (Å²) >= 11 is 0. The van der Waals surface area contributed by atoms with Crippen molar-refractivity contribution in [1.29, 1.82) is 0 Å². The molecule has 2 N–H and O–H groups in total. The Balaban J connectivity index is 0.808. The number of hydrogen-bond acceptors (Lipinski definition) is 10. The Morgan fingerprint density at radius 3 is 2.57 bits per heavy atom. The number of piperazine rings is 1. The summed E-state index contributed by atoms with van der Waals surface area (Å²) in [6.07, 6.45) is 4.37. The Kier molecular flexibility index (Phi) is 8.89. The molecule has 2 atom stereocenters. The number of piperidine rings is 1. The third-order valence-corrected chi connectivity index (χ3v) is 11.1. The first-order valence-electron chi connectivity index (χ1n) is 18.7. The maximum Gasteiger partial charge on any atom is 0.255 e. The van der Waals surface area contributed by atoms with Crippen LogP contribution in [-0.4, -0.2) is 99.0 Å². The van der Waals surface area contributed by atoms with Gasteiger partial charge in [0.1, 0.15) is 29.2 Å². The average Bonchev–Trinajstić information content (AvgIpc) is 3.93. The summed E-state index contributed by atoms with van der Waals surface area (Å²) in [6.45, 7) is 6.25. The number of hydrogen-bond donors (Lipinski definition) is 2. The van der Waals surface area contributed by atoms with Gasteiger partial charge in [0.05, 0.1) is 17.9 Å². The summed E-state index contributed by atoms with van der Waals surface area (Å²) in [7, 11) is 0. The van der Waals surface area contributed by atoms with Gasteiger partial charge in [-0.2, -0.15) is 0 Å². The van der Waals surface area contributed by atoms with E-state index in [-0.39, 0.29) is 30.1 Å². The fraction of sp³-hybridized carbons (Fsp3) is 0.350. The predicted octanol–water partition coefficient (Wildman–Crippen LogP) is 4.27. The van der Waals surface area contributed by atoms with Crippen LogP contribution in [-0.2, 0) is 16.1 Å². The van der Waals surface area contributed by atoms with E-state index >= 15 is 0 Å². The standard InChI is InChI=1S/C40H41FN10O3/c41-28-5-1-4-26(22-28)32-7-3-16-49(32)37-13-12-35-43-24-34(51(35)46-37)31-6-2-8-36(44-31)48-20-18-47(19-21-48)17-15-42-29-10-9-27-25-50(40(54)30(27)23-29)33-11-14-38(52)45-39(33)53/h1-2,4-6,8-10,12-13,22-24,32-33,42H,3,7,11,14-21,25H2,(H,45,52,53)/t32-,33?/m1/s1. The molecule has 0 bridgehead atoms. The third-order valence-electron chi connectivity index (χ3n) is 11.1. The molecule has 0 aliphatic carbocycles. The van der Waals surface area contributed by atoms with Gasteiger partial charge in [-0.15, -0.1) is 5.10 Å². The Hall–Kier alpha value is -5.89. The molecule has 276 valence electrons. The maximum atomic E-state index is 14.1. The molecule has 5 aromatic rings. The molecule has 13 nitrogen and oxygen atoms in total. The molecule has 3 fully saturated rings. The van der Waals surface area contributed by atoms with Crippen molar-refractivity contribution < 1.29 is 18.8 Å². The molecule has 3 saturated heterocycles. The molecule has 3 amide bonds. The number of pyridine rings is 1. The van der Waals surface area contributed by atoms with E-state index in [1.165, 1.54) is 6.07 Å². The van der Waals surface area contributed by atoms with Crippen LogP contribution in [0.25, 0.3) is 17.0 Å². The van der Waals surface area contributed by atoms with Crippen LogP contribution in [0.1, 0.15) is 53.2 Å². The molecule has 9 rings (SSSR count). The van der Waals surface area contributed by atoms with Crippen LogP contribution in [0.4, 0.5) is 21.7 Å². The number of carbonyl (C=O) groups is 3. The fourth-order valence-corrected chi connectivity index (χ4v) is 8.26. The van der Waals surface area contributed by atoms with E-state index in [2.05, 4.69) is 30.3 Å². The lowest BCUT2D eigenvalue weighted by Gasteiger charge is -2.35. The van der Waals surface area contributed by atoms with E-state index in [9.17, 15) is 18.8 Å². The molecule has 0 radical (unpaired) electrons. The largest absolute Gasteiger partial charge is 0.384 e. The summed E-state index contributed by atoms with van der Waals surface area (Å²) in [5.74, 6) is 0.662. The molecule has 3 aromatic heterocycles. The van der Waals surface area contributed by atoms with Crippen molar-refractivity contribution in [1.82, 2.24) is 34.7 Å². The minimum atomic E-state index is -0.616. The van der Waals surface area contributed by atoms with Crippen molar-refractivity contribution in [3.63, 3.8) is 0 Å². The Bertz CT molecular complexity index is 2250. The zero-order valence-corrected chi connectivity index (χ0v) is 29.8. The molecule has 4 aliphatic rings. The van der Waals surface area contributed by atoms with Crippen molar-refractivity contribution in [2.75, 3.05) is 60.9 Å². The van der Waals surface area contributed by atoms with Crippen molar-refractivity contribution in [3.8, 4) is 11.4 Å². The van der Waals surface area contributed by atoms with Gasteiger partial charge in [-0.25, -0.2) is 18.9 Å². The second-order valence-corrected chi connectivity index (χ2v) is 14.4. The van der Waals surface area contributed by atoms with Gasteiger partial charge < -0.3 is 20.0 Å². The van der Waals surface area contributed by atoms with Crippen molar-refractivity contribution in [3.05, 3.63) is 102 Å². The highest BCUT2D eigenvalue weighted by Gasteiger charge is 2.39. The van der Waals surface area contributed by atoms with E-state index in [0.29, 0.717) is 18.5 Å². The van der Waals surface area contributed by atoms with Gasteiger partial charge in [-0.3, -0.25) is 24.6 Å². The van der Waals surface area contributed by atoms with Gasteiger partial charge in [0.15, 0.2) is 5.65 Å². The van der Waals surface area contributed by atoms with E-state index in [4.69, 9.17) is 10.1 Å². The first kappa shape index (κ1) is 33.9. The summed E-state index contributed by atoms with van der Waals surface area (Å²) in [5, 5.41) is 10.8. The minimum Gasteiger partial charge on any atom is -0.384 e. The molecular weight excluding hydrogens is 688 g/mol. The summed E-state index contributed by atoms with van der Waals surface area (Å²) in [4.78, 5) is 55.4. The smallest absolute Gasteiger partial charge is 0.255 e. The lowest BCUT2D eigenvalue weighted by Crippen LogP contribution is -2.52. The second kappa shape index (κ2) is 14.2. The molecular formula is C40H41FN10O3. The highest BCUT2D eigenvalue weighted by atomic mass is 19.1. The number of aromatic nitrogens is 4. The highest BCUT2D eigenvalue weighted by molar-refractivity contribution is 6.05. The van der Waals surface area contributed by atoms with Crippen LogP contribution in [0.5, 0.6) is 0 Å². The van der Waals surface area contributed by atoms with Crippen molar-refractivity contribution >= 4 is 40.7 Å². The summed E-state index contributed by atoms with van der Waals surface area (Å²) < 4.78 is 15.9. The number of fused-ring (bicyclic) bond motifs is 2. The number of rotatable bonds is 9. The second-order valence-electron chi connectivity index (χ2n) is 14.4. The minimum absolute atomic E-state index is 0.0677. The average molecular weight is 729 g/mol. The van der Waals surface area contributed by atoms with Crippen LogP contribution in [0.3, 0.4) is 0 Å². The number of imidazole rings is 1. The highest BCUT2D eigenvalue weighted by Crippen LogP contribution is 2.36. The van der Waals surface area contributed by atoms with E-state index in [1.54, 1.807) is 17.0 Å². The summed E-state index contributed by atoms with van der Waals surface area (Å²) in [5.41, 5.74) is 5.69. The quantitative estimate of drug-likeness (QED) is 0.212. The zero-order valence-electron chi connectivity index (χ0n) is 29.8. The number of amides is 3. The molecule has 14 heteroatoms. The molecule has 2 aromatic carbocycles. The fourth-order valence-electron chi connectivity index (χ4n) is 8.26. The normalized spacial score (nSPS) is 20.5. The molecule has 1 unspecified atom stereocenters. The molecule has 0 saturated carbocycles. The van der Waals surface area contributed by atoms with E-state index in [0.717, 1.165) is 104 Å². The Labute approximate surface area is 311 Å². The number of nitrogens with one attached hydrogen (secondary N) is 2. The van der Waals surface area contributed by atoms with Crippen molar-refractivity contribution in [2.24, 2.45) is 0 Å². The Morgan fingerprint density at radius 1 is 0.852 bits per heavy atom. The molecule has 7 heterocycles. The van der Waals surface area contributed by atoms with Crippen LogP contribution in [0, 0.1) is 5.82 Å². The number of nitrogens with zero attached hydrogens (tertiary/aromatic N) is 8. The number of anilines is 3. The van der Waals surface area contributed by atoms with Crippen LogP contribution >= 0.6 is 0 Å². The van der Waals surface area contributed by atoms with Gasteiger partial charge >= 0.3 is 0 Å². The first-order valence-corrected chi connectivity index (χ1v) is 18.7. The SMILES string of the molecule is O=C1CCC(N2Cc3ccc(NCCN4CCN(c5cccc(-c6cnc7ccc(N8CCC[C@@H]8c8cccc(F)c8)nn67)n5)CC4)cc3C2=O)C(=O)N1. The van der Waals surface area contributed by atoms with Gasteiger partial charge in [0, 0.05) is 70.0 Å². The van der Waals surface area contributed by atoms with Crippen molar-refractivity contribution in [2.45, 2.75) is 44.3 Å². The zero-order chi connectivity index (χ0) is 36.8. The van der Waals surface area contributed by atoms with Crippen LogP contribution in [0.2, 0.25) is 0 Å². The summed E-state index contributed by atoms with van der Waals surface area (Å²) in [6, 6.07) is 22.2. The number of halogens is 1. The van der Waals surface area contributed by atoms with Gasteiger partial charge in [0.25, 0.3) is 5.91 Å². The Morgan fingerprint density at radius 2 is 1.72 bits per heavy atom. The molecule has 0 spiro atoms. The third kappa shape index (κ3) is 6.50. The lowest BCUT2D eigenvalue weighted by molar-refractivity contribution is -0.136. The molecule has 54 heavy (non-hydrogen) atoms. The van der Waals surface area contributed by atoms with Crippen LogP contribution in [0.15, 0.2) is 79.0 Å². The van der Waals surface area contributed by atoms with Gasteiger partial charge in [-0.05, 0) is 78.9 Å². The first-order chi connectivity index (χ1) is 26.4. The van der Waals surface area contributed by atoms with E-state index in [1.807, 2.05) is 65.3 Å². The number of imide groups is 1. The van der Waals surface area contributed by atoms with Gasteiger partial charge in [0.2, 0.25) is 11.8 Å². The molecule has 4 aliphatic heterocycles. The van der Waals surface area contributed by atoms with E-state index < -0.39 is 11.9 Å². The number of benzene rings is 2. The number of carbonyl (C=O) groups excluding carboxylic acids is 3. The topological polar surface area (TPSA) is 131 Å². The lowest BCUT2D eigenvalue weighted by atomic mass is 10.0. The van der Waals surface area contributed by atoms with Gasteiger partial charge in [-0.1, -0.05) is 24.3 Å². The monoisotopic (exact) mass is 728 g/mol.